The van der Waals surface area contributed by atoms with Gasteiger partial charge in [0.15, 0.2) is 0 Å². The van der Waals surface area contributed by atoms with Gasteiger partial charge >= 0.3 is 5.97 Å². The molecule has 3 nitrogen and oxygen atoms in total. The van der Waals surface area contributed by atoms with E-state index in [9.17, 15) is 4.79 Å². The van der Waals surface area contributed by atoms with Gasteiger partial charge < -0.3 is 10.0 Å². The molecule has 1 N–H and O–H groups in total. The van der Waals surface area contributed by atoms with E-state index in [0.717, 1.165) is 37.4 Å². The molecule has 0 aliphatic carbocycles. The zero-order valence-corrected chi connectivity index (χ0v) is 12.6. The van der Waals surface area contributed by atoms with Crippen molar-refractivity contribution < 1.29 is 9.90 Å². The number of aliphatic carboxylic acids is 1. The molecule has 1 fully saturated rings. The van der Waals surface area contributed by atoms with E-state index in [-0.39, 0.29) is 5.92 Å². The Balaban J connectivity index is 1.78. The quantitative estimate of drug-likeness (QED) is 0.906. The van der Waals surface area contributed by atoms with Gasteiger partial charge in [0, 0.05) is 18.1 Å². The molecule has 110 valence electrons. The predicted molar refractivity (Wildman–Crippen MR) is 81.1 cm³/mol. The number of rotatable bonds is 5. The van der Waals surface area contributed by atoms with Crippen LogP contribution in [0.3, 0.4) is 0 Å². The van der Waals surface area contributed by atoms with E-state index >= 15 is 0 Å². The van der Waals surface area contributed by atoms with Crippen molar-refractivity contribution in [3.63, 3.8) is 0 Å². The molecule has 1 heterocycles. The van der Waals surface area contributed by atoms with E-state index < -0.39 is 5.97 Å². The van der Waals surface area contributed by atoms with Gasteiger partial charge in [-0.05, 0) is 49.4 Å². The minimum Gasteiger partial charge on any atom is -0.481 e. The SMILES string of the molecule is CC1CC(C(=O)O)CN(CCCc2ccc(Cl)cc2)C1. The van der Waals surface area contributed by atoms with Gasteiger partial charge in [-0.1, -0.05) is 30.7 Å². The number of carboxylic acid groups (broad SMARTS) is 1. The zero-order chi connectivity index (χ0) is 14.5. The molecule has 0 spiro atoms. The third-order valence-electron chi connectivity index (χ3n) is 3.94. The molecule has 2 rings (SSSR count). The molecule has 1 saturated heterocycles. The minimum atomic E-state index is -0.653. The second-order valence-corrected chi connectivity index (χ2v) is 6.30. The number of nitrogens with zero attached hydrogens (tertiary/aromatic N) is 1. The first-order valence-corrected chi connectivity index (χ1v) is 7.62. The molecule has 0 saturated carbocycles. The molecule has 4 heteroatoms. The largest absolute Gasteiger partial charge is 0.481 e. The van der Waals surface area contributed by atoms with Crippen LogP contribution in [-0.4, -0.2) is 35.6 Å². The second-order valence-electron chi connectivity index (χ2n) is 5.87. The Bertz CT molecular complexity index is 446. The molecular formula is C16H22ClNO2. The topological polar surface area (TPSA) is 40.5 Å². The monoisotopic (exact) mass is 295 g/mol. The standard InChI is InChI=1S/C16H22ClNO2/c1-12-9-14(16(19)20)11-18(10-12)8-2-3-13-4-6-15(17)7-5-13/h4-7,12,14H,2-3,8-11H2,1H3,(H,19,20). The van der Waals surface area contributed by atoms with Crippen LogP contribution in [-0.2, 0) is 11.2 Å². The molecule has 20 heavy (non-hydrogen) atoms. The average molecular weight is 296 g/mol. The summed E-state index contributed by atoms with van der Waals surface area (Å²) in [5, 5.41) is 9.93. The zero-order valence-electron chi connectivity index (χ0n) is 11.9. The number of aryl methyl sites for hydroxylation is 1. The maximum absolute atomic E-state index is 11.1. The number of piperidine rings is 1. The van der Waals surface area contributed by atoms with Gasteiger partial charge in [-0.3, -0.25) is 4.79 Å². The van der Waals surface area contributed by atoms with Crippen LogP contribution in [0.4, 0.5) is 0 Å². The van der Waals surface area contributed by atoms with Gasteiger partial charge in [-0.2, -0.15) is 0 Å². The van der Waals surface area contributed by atoms with Crippen molar-refractivity contribution in [3.8, 4) is 0 Å². The lowest BCUT2D eigenvalue weighted by molar-refractivity contribution is -0.144. The molecule has 0 radical (unpaired) electrons. The predicted octanol–water partition coefficient (Wildman–Crippen LogP) is 3.32. The first kappa shape index (κ1) is 15.3. The van der Waals surface area contributed by atoms with Crippen LogP contribution in [0.15, 0.2) is 24.3 Å². The van der Waals surface area contributed by atoms with Crippen molar-refractivity contribution in [2.75, 3.05) is 19.6 Å². The van der Waals surface area contributed by atoms with Crippen molar-refractivity contribution in [2.45, 2.75) is 26.2 Å². The van der Waals surface area contributed by atoms with Gasteiger partial charge in [-0.15, -0.1) is 0 Å². The summed E-state index contributed by atoms with van der Waals surface area (Å²) in [7, 11) is 0. The van der Waals surface area contributed by atoms with Crippen LogP contribution in [0, 0.1) is 11.8 Å². The lowest BCUT2D eigenvalue weighted by Gasteiger charge is -2.34. The normalized spacial score (nSPS) is 23.7. The minimum absolute atomic E-state index is 0.200. The van der Waals surface area contributed by atoms with Crippen molar-refractivity contribution in [1.29, 1.82) is 0 Å². The third kappa shape index (κ3) is 4.50. The van der Waals surface area contributed by atoms with E-state index in [0.29, 0.717) is 12.5 Å². The molecule has 1 aromatic rings. The van der Waals surface area contributed by atoms with Gasteiger partial charge in [0.25, 0.3) is 0 Å². The van der Waals surface area contributed by atoms with E-state index in [4.69, 9.17) is 16.7 Å². The van der Waals surface area contributed by atoms with E-state index in [1.807, 2.05) is 12.1 Å². The van der Waals surface area contributed by atoms with Gasteiger partial charge in [-0.25, -0.2) is 0 Å². The Morgan fingerprint density at radius 2 is 2.05 bits per heavy atom. The molecule has 0 aromatic heterocycles. The number of benzene rings is 1. The highest BCUT2D eigenvalue weighted by Crippen LogP contribution is 2.22. The van der Waals surface area contributed by atoms with Crippen molar-refractivity contribution >= 4 is 17.6 Å². The second kappa shape index (κ2) is 7.09. The van der Waals surface area contributed by atoms with Gasteiger partial charge in [0.1, 0.15) is 0 Å². The third-order valence-corrected chi connectivity index (χ3v) is 4.19. The van der Waals surface area contributed by atoms with Crippen LogP contribution in [0.5, 0.6) is 0 Å². The highest BCUT2D eigenvalue weighted by atomic mass is 35.5. The number of carbonyl (C=O) groups is 1. The molecule has 2 atom stereocenters. The molecule has 0 bridgehead atoms. The van der Waals surface area contributed by atoms with Crippen LogP contribution < -0.4 is 0 Å². The van der Waals surface area contributed by atoms with Crippen molar-refractivity contribution in [1.82, 2.24) is 4.90 Å². The van der Waals surface area contributed by atoms with Crippen LogP contribution >= 0.6 is 11.6 Å². The van der Waals surface area contributed by atoms with Crippen LogP contribution in [0.1, 0.15) is 25.3 Å². The Kier molecular flexibility index (Phi) is 5.44. The number of hydrogen-bond donors (Lipinski definition) is 1. The Labute approximate surface area is 125 Å². The summed E-state index contributed by atoms with van der Waals surface area (Å²) in [5.41, 5.74) is 1.29. The molecule has 1 aromatic carbocycles. The van der Waals surface area contributed by atoms with E-state index in [1.165, 1.54) is 5.56 Å². The van der Waals surface area contributed by atoms with Gasteiger partial charge in [0.05, 0.1) is 5.92 Å². The van der Waals surface area contributed by atoms with E-state index in [2.05, 4.69) is 24.0 Å². The highest BCUT2D eigenvalue weighted by molar-refractivity contribution is 6.30. The van der Waals surface area contributed by atoms with Crippen molar-refractivity contribution in [2.24, 2.45) is 11.8 Å². The maximum atomic E-state index is 11.1. The van der Waals surface area contributed by atoms with Crippen LogP contribution in [0.2, 0.25) is 5.02 Å². The average Bonchev–Trinajstić information content (AvgIpc) is 2.40. The Morgan fingerprint density at radius 3 is 2.70 bits per heavy atom. The Hall–Kier alpha value is -1.06. The summed E-state index contributed by atoms with van der Waals surface area (Å²) in [6, 6.07) is 7.95. The lowest BCUT2D eigenvalue weighted by Crippen LogP contribution is -2.42. The van der Waals surface area contributed by atoms with E-state index in [1.54, 1.807) is 0 Å². The fourth-order valence-corrected chi connectivity index (χ4v) is 3.11. The van der Waals surface area contributed by atoms with Gasteiger partial charge in [0.2, 0.25) is 0 Å². The summed E-state index contributed by atoms with van der Waals surface area (Å²) in [4.78, 5) is 13.4. The first-order valence-electron chi connectivity index (χ1n) is 7.24. The first-order chi connectivity index (χ1) is 9.54. The Morgan fingerprint density at radius 1 is 1.35 bits per heavy atom. The van der Waals surface area contributed by atoms with Crippen molar-refractivity contribution in [3.05, 3.63) is 34.9 Å². The molecule has 1 aliphatic heterocycles. The number of likely N-dealkylation sites (tertiary alicyclic amines) is 1. The van der Waals surface area contributed by atoms with Crippen LogP contribution in [0.25, 0.3) is 0 Å². The maximum Gasteiger partial charge on any atom is 0.307 e. The lowest BCUT2D eigenvalue weighted by atomic mass is 9.90. The summed E-state index contributed by atoms with van der Waals surface area (Å²) < 4.78 is 0. The summed E-state index contributed by atoms with van der Waals surface area (Å²) in [5.74, 6) is -0.381. The fraction of sp³-hybridized carbons (Fsp3) is 0.562. The summed E-state index contributed by atoms with van der Waals surface area (Å²) in [6.45, 7) is 4.82. The number of hydrogen-bond acceptors (Lipinski definition) is 2. The highest BCUT2D eigenvalue weighted by Gasteiger charge is 2.28. The molecule has 1 aliphatic rings. The summed E-state index contributed by atoms with van der Waals surface area (Å²) >= 11 is 5.87. The smallest absolute Gasteiger partial charge is 0.307 e. The molecular weight excluding hydrogens is 274 g/mol. The number of carboxylic acids is 1. The molecule has 2 unspecified atom stereocenters. The number of halogens is 1. The molecule has 0 amide bonds. The summed E-state index contributed by atoms with van der Waals surface area (Å²) in [6.07, 6.45) is 2.88. The fourth-order valence-electron chi connectivity index (χ4n) is 2.98.